The Bertz CT molecular complexity index is 618. The van der Waals surface area contributed by atoms with Crippen LogP contribution >= 0.6 is 6.83 Å². The molecule has 4 nitrogen and oxygen atoms in total. The molecule has 0 saturated carbocycles. The maximum atomic E-state index is 13.3. The quantitative estimate of drug-likeness (QED) is 0.255. The molecule has 0 aliphatic carbocycles. The van der Waals surface area contributed by atoms with Crippen molar-refractivity contribution in [3.63, 3.8) is 0 Å². The first kappa shape index (κ1) is 27.6. The summed E-state index contributed by atoms with van der Waals surface area (Å²) in [5.41, 5.74) is 0.601. The molecule has 0 fully saturated rings. The van der Waals surface area contributed by atoms with Gasteiger partial charge in [-0.2, -0.15) is 0 Å². The van der Waals surface area contributed by atoms with E-state index in [2.05, 4.69) is 27.7 Å². The van der Waals surface area contributed by atoms with Crippen LogP contribution in [-0.2, 0) is 9.32 Å². The third kappa shape index (κ3) is 8.56. The van der Waals surface area contributed by atoms with Crippen molar-refractivity contribution in [3.05, 3.63) is 35.9 Å². The van der Waals surface area contributed by atoms with Crippen LogP contribution in [0.15, 0.2) is 30.3 Å². The van der Waals surface area contributed by atoms with Crippen LogP contribution in [0, 0.1) is 0 Å². The third-order valence-corrected chi connectivity index (χ3v) is 12.9. The Morgan fingerprint density at radius 2 is 1.19 bits per heavy atom. The van der Waals surface area contributed by atoms with Gasteiger partial charge in [-0.1, -0.05) is 0 Å². The van der Waals surface area contributed by atoms with Gasteiger partial charge in [0.1, 0.15) is 0 Å². The molecule has 0 N–H and O–H groups in total. The SMILES string of the molecule is CCCCP(CCCC)(CCCC)(CCCC)OC(=O)CN(C)C(=O)c1ccccc1. The summed E-state index contributed by atoms with van der Waals surface area (Å²) in [5.74, 6) is -0.356. The van der Waals surface area contributed by atoms with Crippen molar-refractivity contribution in [1.29, 1.82) is 0 Å². The van der Waals surface area contributed by atoms with E-state index < -0.39 is 6.83 Å². The molecular formula is C26H46NO3P. The van der Waals surface area contributed by atoms with Gasteiger partial charge < -0.3 is 0 Å². The molecule has 0 unspecified atom stereocenters. The predicted octanol–water partition coefficient (Wildman–Crippen LogP) is 6.97. The number of hydrogen-bond acceptors (Lipinski definition) is 3. The van der Waals surface area contributed by atoms with E-state index in [9.17, 15) is 9.59 Å². The maximum absolute atomic E-state index is 13.3. The van der Waals surface area contributed by atoms with Gasteiger partial charge in [-0.05, 0) is 0 Å². The summed E-state index contributed by atoms with van der Waals surface area (Å²) >= 11 is 0. The second-order valence-electron chi connectivity index (χ2n) is 9.16. The summed E-state index contributed by atoms with van der Waals surface area (Å²) in [7, 11) is 1.70. The molecule has 1 amide bonds. The summed E-state index contributed by atoms with van der Waals surface area (Å²) in [6.07, 6.45) is 13.1. The van der Waals surface area contributed by atoms with Crippen molar-refractivity contribution in [2.75, 3.05) is 38.2 Å². The molecule has 0 heterocycles. The molecule has 31 heavy (non-hydrogen) atoms. The second-order valence-corrected chi connectivity index (χ2v) is 14.8. The van der Waals surface area contributed by atoms with Crippen LogP contribution in [0.4, 0.5) is 0 Å². The zero-order chi connectivity index (χ0) is 23.2. The van der Waals surface area contributed by atoms with E-state index in [1.807, 2.05) is 18.2 Å². The number of hydrogen-bond donors (Lipinski definition) is 0. The Hall–Kier alpha value is -1.41. The molecule has 1 aromatic carbocycles. The molecule has 0 saturated heterocycles. The van der Waals surface area contributed by atoms with Crippen LogP contribution in [0.25, 0.3) is 0 Å². The molecule has 0 atom stereocenters. The predicted molar refractivity (Wildman–Crippen MR) is 136 cm³/mol. The van der Waals surface area contributed by atoms with Gasteiger partial charge in [0.25, 0.3) is 0 Å². The molecule has 1 aromatic rings. The third-order valence-electron chi connectivity index (χ3n) is 6.40. The van der Waals surface area contributed by atoms with Crippen molar-refractivity contribution >= 4 is 18.7 Å². The fourth-order valence-electron chi connectivity index (χ4n) is 4.47. The minimum atomic E-state index is -2.66. The normalized spacial score (nSPS) is 12.7. The van der Waals surface area contributed by atoms with Gasteiger partial charge in [0.05, 0.1) is 0 Å². The Balaban J connectivity index is 3.13. The van der Waals surface area contributed by atoms with E-state index in [1.165, 1.54) is 4.90 Å². The molecule has 0 aliphatic heterocycles. The summed E-state index contributed by atoms with van der Waals surface area (Å²) < 4.78 is 6.69. The van der Waals surface area contributed by atoms with Crippen LogP contribution in [-0.4, -0.2) is 55.0 Å². The molecule has 178 valence electrons. The number of amides is 1. The first-order valence-corrected chi connectivity index (χ1v) is 15.3. The van der Waals surface area contributed by atoms with Crippen molar-refractivity contribution in [3.8, 4) is 0 Å². The van der Waals surface area contributed by atoms with E-state index >= 15 is 0 Å². The topological polar surface area (TPSA) is 46.6 Å². The number of likely N-dealkylation sites (N-methyl/N-ethyl adjacent to an activating group) is 1. The minimum absolute atomic E-state index is 0.0160. The van der Waals surface area contributed by atoms with E-state index in [0.29, 0.717) is 5.56 Å². The van der Waals surface area contributed by atoms with E-state index in [1.54, 1.807) is 19.2 Å². The van der Waals surface area contributed by atoms with Crippen LogP contribution < -0.4 is 0 Å². The Kier molecular flexibility index (Phi) is 12.4. The van der Waals surface area contributed by atoms with Crippen molar-refractivity contribution in [1.82, 2.24) is 4.90 Å². The number of benzene rings is 1. The standard InChI is InChI=1S/C26H46NO3P/c1-6-10-19-31(20-11-7-2,21-12-8-3,22-13-9-4)30-25(28)23-27(5)26(29)24-17-15-14-16-18-24/h14-18H,6-13,19-23H2,1-5H3. The zero-order valence-corrected chi connectivity index (χ0v) is 21.6. The molecule has 0 aliphatic rings. The Morgan fingerprint density at radius 3 is 1.58 bits per heavy atom. The van der Waals surface area contributed by atoms with Crippen molar-refractivity contribution < 1.29 is 14.1 Å². The van der Waals surface area contributed by atoms with E-state index in [-0.39, 0.29) is 18.4 Å². The summed E-state index contributed by atoms with van der Waals surface area (Å²) in [6.45, 7) is 6.24. The average Bonchev–Trinajstić information content (AvgIpc) is 2.79. The summed E-state index contributed by atoms with van der Waals surface area (Å²) in [5, 5.41) is 0. The number of carbonyl (C=O) groups excluding carboxylic acids is 2. The Morgan fingerprint density at radius 1 is 0.774 bits per heavy atom. The first-order chi connectivity index (χ1) is 14.8. The molecule has 1 rings (SSSR count). The second kappa shape index (κ2) is 13.9. The molecule has 5 heteroatoms. The van der Waals surface area contributed by atoms with Crippen LogP contribution in [0.1, 0.15) is 89.4 Å². The number of nitrogens with zero attached hydrogens (tertiary/aromatic N) is 1. The van der Waals surface area contributed by atoms with Crippen molar-refractivity contribution in [2.24, 2.45) is 0 Å². The van der Waals surface area contributed by atoms with Crippen molar-refractivity contribution in [2.45, 2.75) is 79.1 Å². The fourth-order valence-corrected chi connectivity index (χ4v) is 11.3. The van der Waals surface area contributed by atoms with Gasteiger partial charge >= 0.3 is 191 Å². The average molecular weight is 452 g/mol. The number of unbranched alkanes of at least 4 members (excludes halogenated alkanes) is 4. The zero-order valence-electron chi connectivity index (χ0n) is 20.7. The van der Waals surface area contributed by atoms with Gasteiger partial charge in [-0.3, -0.25) is 0 Å². The van der Waals surface area contributed by atoms with Gasteiger partial charge in [0.15, 0.2) is 0 Å². The summed E-state index contributed by atoms with van der Waals surface area (Å²) in [6, 6.07) is 9.15. The van der Waals surface area contributed by atoms with Gasteiger partial charge in [-0.25, -0.2) is 0 Å². The monoisotopic (exact) mass is 451 g/mol. The first-order valence-electron chi connectivity index (χ1n) is 12.4. The molecule has 0 aromatic heterocycles. The Labute approximate surface area is 191 Å². The molecular weight excluding hydrogens is 405 g/mol. The number of carbonyl (C=O) groups is 2. The summed E-state index contributed by atoms with van der Waals surface area (Å²) in [4.78, 5) is 27.5. The molecule has 0 spiro atoms. The fraction of sp³-hybridized carbons (Fsp3) is 0.692. The van der Waals surface area contributed by atoms with E-state index in [4.69, 9.17) is 4.52 Å². The van der Waals surface area contributed by atoms with Gasteiger partial charge in [-0.15, -0.1) is 0 Å². The van der Waals surface area contributed by atoms with Crippen LogP contribution in [0.2, 0.25) is 0 Å². The van der Waals surface area contributed by atoms with E-state index in [0.717, 1.165) is 76.0 Å². The van der Waals surface area contributed by atoms with Gasteiger partial charge in [0.2, 0.25) is 0 Å². The van der Waals surface area contributed by atoms with Crippen LogP contribution in [0.3, 0.4) is 0 Å². The van der Waals surface area contributed by atoms with Gasteiger partial charge in [0, 0.05) is 0 Å². The number of rotatable bonds is 16. The van der Waals surface area contributed by atoms with Crippen LogP contribution in [0.5, 0.6) is 0 Å². The molecule has 0 bridgehead atoms. The molecule has 0 radical (unpaired) electrons.